The molecule has 1 aromatic heterocycles. The molecular weight excluding hydrogens is 213 g/mol. The minimum Gasteiger partial charge on any atom is -0.258 e. The van der Waals surface area contributed by atoms with E-state index in [-0.39, 0.29) is 5.41 Å². The van der Waals surface area contributed by atoms with E-state index in [9.17, 15) is 0 Å². The minimum atomic E-state index is 0.178. The number of nitrogens with zero attached hydrogens (tertiary/aromatic N) is 1. The van der Waals surface area contributed by atoms with Crippen LogP contribution in [-0.2, 0) is 5.41 Å². The van der Waals surface area contributed by atoms with Crippen LogP contribution in [0.25, 0.3) is 0 Å². The van der Waals surface area contributed by atoms with Gasteiger partial charge in [0.1, 0.15) is 0 Å². The lowest BCUT2D eigenvalue weighted by Gasteiger charge is -2.24. The zero-order chi connectivity index (χ0) is 12.5. The summed E-state index contributed by atoms with van der Waals surface area (Å²) in [5.74, 6) is 0. The molecule has 0 aliphatic heterocycles. The van der Waals surface area contributed by atoms with E-state index in [1.807, 2.05) is 0 Å². The van der Waals surface area contributed by atoms with Gasteiger partial charge in [0.15, 0.2) is 0 Å². The Labute approximate surface area is 102 Å². The van der Waals surface area contributed by atoms with Crippen molar-refractivity contribution in [3.63, 3.8) is 0 Å². The summed E-state index contributed by atoms with van der Waals surface area (Å²) in [4.78, 5) is 4.70. The predicted molar refractivity (Wildman–Crippen MR) is 75.2 cm³/mol. The monoisotopic (exact) mass is 237 g/mol. The summed E-state index contributed by atoms with van der Waals surface area (Å²) in [6.07, 6.45) is 1.14. The van der Waals surface area contributed by atoms with Crippen molar-refractivity contribution in [1.82, 2.24) is 4.98 Å². The van der Waals surface area contributed by atoms with Gasteiger partial charge in [-0.25, -0.2) is 0 Å². The average Bonchev–Trinajstić information content (AvgIpc) is 2.14. The summed E-state index contributed by atoms with van der Waals surface area (Å²) in [5.41, 5.74) is 5.79. The van der Waals surface area contributed by atoms with Crippen LogP contribution in [0.5, 0.6) is 0 Å². The Bertz CT molecular complexity index is 377. The Morgan fingerprint density at radius 3 is 2.25 bits per heavy atom. The summed E-state index contributed by atoms with van der Waals surface area (Å²) in [6.45, 7) is 13.2. The summed E-state index contributed by atoms with van der Waals surface area (Å²) in [7, 11) is 2.92. The molecule has 0 saturated carbocycles. The lowest BCUT2D eigenvalue weighted by molar-refractivity contribution is 0.579. The maximum atomic E-state index is 4.70. The smallest absolute Gasteiger partial charge is 0.0414 e. The van der Waals surface area contributed by atoms with Gasteiger partial charge in [-0.2, -0.15) is 0 Å². The summed E-state index contributed by atoms with van der Waals surface area (Å²) in [6, 6.07) is 2.35. The molecule has 0 aliphatic rings. The van der Waals surface area contributed by atoms with Crippen LogP contribution >= 0.6 is 9.24 Å². The fourth-order valence-corrected chi connectivity index (χ4v) is 2.43. The highest BCUT2D eigenvalue weighted by atomic mass is 31.0. The van der Waals surface area contributed by atoms with Gasteiger partial charge >= 0.3 is 0 Å². The molecule has 16 heavy (non-hydrogen) atoms. The molecule has 0 amide bonds. The first kappa shape index (κ1) is 13.6. The van der Waals surface area contributed by atoms with Gasteiger partial charge in [-0.05, 0) is 36.8 Å². The molecule has 0 N–H and O–H groups in total. The highest BCUT2D eigenvalue weighted by Crippen LogP contribution is 2.33. The molecule has 1 rings (SSSR count). The normalized spacial score (nSPS) is 13.9. The molecule has 90 valence electrons. The van der Waals surface area contributed by atoms with E-state index in [2.05, 4.69) is 56.8 Å². The van der Waals surface area contributed by atoms with Crippen LogP contribution in [0.1, 0.15) is 62.3 Å². The first-order valence-electron chi connectivity index (χ1n) is 6.01. The van der Waals surface area contributed by atoms with Gasteiger partial charge in [0.2, 0.25) is 0 Å². The number of hydrogen-bond donors (Lipinski definition) is 0. The van der Waals surface area contributed by atoms with Crippen molar-refractivity contribution >= 4 is 9.24 Å². The Morgan fingerprint density at radius 1 is 1.25 bits per heavy atom. The van der Waals surface area contributed by atoms with Gasteiger partial charge in [0, 0.05) is 17.0 Å². The molecule has 2 heteroatoms. The third kappa shape index (κ3) is 2.83. The van der Waals surface area contributed by atoms with Gasteiger partial charge in [-0.3, -0.25) is 4.98 Å². The fraction of sp³-hybridized carbons (Fsp3) is 0.643. The fourth-order valence-electron chi connectivity index (χ4n) is 2.10. The molecule has 1 heterocycles. The Hall–Kier alpha value is -0.420. The van der Waals surface area contributed by atoms with Crippen molar-refractivity contribution in [3.05, 3.63) is 28.6 Å². The van der Waals surface area contributed by atoms with Crippen molar-refractivity contribution in [3.8, 4) is 0 Å². The van der Waals surface area contributed by atoms with Gasteiger partial charge in [-0.15, -0.1) is 9.24 Å². The van der Waals surface area contributed by atoms with Crippen LogP contribution in [0.2, 0.25) is 0 Å². The van der Waals surface area contributed by atoms with E-state index in [0.717, 1.165) is 6.42 Å². The zero-order valence-electron chi connectivity index (χ0n) is 11.4. The maximum absolute atomic E-state index is 4.70. The van der Waals surface area contributed by atoms with Crippen LogP contribution in [0.15, 0.2) is 6.07 Å². The second kappa shape index (κ2) is 4.84. The maximum Gasteiger partial charge on any atom is 0.0414 e. The zero-order valence-corrected chi connectivity index (χ0v) is 12.5. The summed E-state index contributed by atoms with van der Waals surface area (Å²) in [5, 5.41) is 0. The van der Waals surface area contributed by atoms with Crippen molar-refractivity contribution in [2.75, 3.05) is 0 Å². The molecule has 0 aliphatic carbocycles. The number of hydrogen-bond acceptors (Lipinski definition) is 1. The van der Waals surface area contributed by atoms with Crippen molar-refractivity contribution < 1.29 is 0 Å². The largest absolute Gasteiger partial charge is 0.258 e. The summed E-state index contributed by atoms with van der Waals surface area (Å²) >= 11 is 0. The number of aromatic nitrogens is 1. The molecular formula is C14H24NP. The van der Waals surface area contributed by atoms with Crippen LogP contribution < -0.4 is 0 Å². The standard InChI is InChI=1S/C14H24NP/c1-7-13(16)11-8-12(14(4,5)6)10(3)15-9(11)2/h8,13H,7,16H2,1-6H3. The first-order valence-corrected chi connectivity index (χ1v) is 6.68. The third-order valence-electron chi connectivity index (χ3n) is 3.09. The van der Waals surface area contributed by atoms with E-state index in [1.54, 1.807) is 0 Å². The van der Waals surface area contributed by atoms with Gasteiger partial charge < -0.3 is 0 Å². The predicted octanol–water partition coefficient (Wildman–Crippen LogP) is 4.32. The highest BCUT2D eigenvalue weighted by molar-refractivity contribution is 7.17. The van der Waals surface area contributed by atoms with E-state index >= 15 is 0 Å². The molecule has 2 atom stereocenters. The summed E-state index contributed by atoms with van der Waals surface area (Å²) < 4.78 is 0. The molecule has 1 nitrogen and oxygen atoms in total. The minimum absolute atomic E-state index is 0.178. The Kier molecular flexibility index (Phi) is 4.12. The third-order valence-corrected chi connectivity index (χ3v) is 3.92. The quantitative estimate of drug-likeness (QED) is 0.698. The molecule has 0 spiro atoms. The number of pyridine rings is 1. The van der Waals surface area contributed by atoms with Crippen LogP contribution in [0.3, 0.4) is 0 Å². The molecule has 1 aromatic rings. The number of rotatable bonds is 2. The van der Waals surface area contributed by atoms with E-state index in [0.29, 0.717) is 5.66 Å². The molecule has 0 fully saturated rings. The van der Waals surface area contributed by atoms with Crippen LogP contribution in [-0.4, -0.2) is 4.98 Å². The average molecular weight is 237 g/mol. The molecule has 0 saturated heterocycles. The van der Waals surface area contributed by atoms with Crippen molar-refractivity contribution in [2.24, 2.45) is 0 Å². The molecule has 0 bridgehead atoms. The van der Waals surface area contributed by atoms with Crippen LogP contribution in [0, 0.1) is 13.8 Å². The lowest BCUT2D eigenvalue weighted by atomic mass is 9.84. The highest BCUT2D eigenvalue weighted by Gasteiger charge is 2.20. The second-order valence-corrected chi connectivity index (χ2v) is 6.37. The Balaban J connectivity index is 3.33. The van der Waals surface area contributed by atoms with Gasteiger partial charge in [0.25, 0.3) is 0 Å². The first-order chi connectivity index (χ1) is 7.27. The molecule has 0 radical (unpaired) electrons. The molecule has 0 aromatic carbocycles. The van der Waals surface area contributed by atoms with E-state index in [4.69, 9.17) is 4.98 Å². The molecule has 2 unspecified atom stereocenters. The van der Waals surface area contributed by atoms with Crippen molar-refractivity contribution in [2.45, 2.75) is 59.0 Å². The van der Waals surface area contributed by atoms with Gasteiger partial charge in [0.05, 0.1) is 0 Å². The topological polar surface area (TPSA) is 12.9 Å². The lowest BCUT2D eigenvalue weighted by Crippen LogP contribution is -2.15. The Morgan fingerprint density at radius 2 is 1.81 bits per heavy atom. The van der Waals surface area contributed by atoms with E-state index in [1.165, 1.54) is 22.5 Å². The number of aryl methyl sites for hydroxylation is 2. The van der Waals surface area contributed by atoms with Crippen LogP contribution in [0.4, 0.5) is 0 Å². The van der Waals surface area contributed by atoms with Crippen molar-refractivity contribution in [1.29, 1.82) is 0 Å². The van der Waals surface area contributed by atoms with E-state index < -0.39 is 0 Å². The van der Waals surface area contributed by atoms with Gasteiger partial charge in [-0.1, -0.05) is 33.8 Å². The SMILES string of the molecule is CCC(P)c1cc(C(C)(C)C)c(C)nc1C. The second-order valence-electron chi connectivity index (χ2n) is 5.56.